The van der Waals surface area contributed by atoms with Gasteiger partial charge in [0.25, 0.3) is 11.5 Å². The molecule has 182 valence electrons. The molecule has 4 rings (SSSR count). The number of nitrogens with one attached hydrogen (secondary N) is 1. The van der Waals surface area contributed by atoms with Crippen molar-refractivity contribution in [1.82, 2.24) is 9.55 Å². The Hall–Kier alpha value is -4.86. The molecule has 2 aromatic heterocycles. The van der Waals surface area contributed by atoms with Gasteiger partial charge in [0.1, 0.15) is 17.0 Å². The first-order valence-corrected chi connectivity index (χ1v) is 10.7. The average Bonchev–Trinajstić information content (AvgIpc) is 2.90. The van der Waals surface area contributed by atoms with E-state index in [9.17, 15) is 23.6 Å². The number of amides is 1. The first-order chi connectivity index (χ1) is 17.3. The molecule has 0 aliphatic heterocycles. The van der Waals surface area contributed by atoms with E-state index in [1.165, 1.54) is 67.4 Å². The number of rotatable bonds is 6. The first kappa shape index (κ1) is 24.3. The monoisotopic (exact) mass is 489 g/mol. The maximum atomic E-state index is 14.3. The maximum absolute atomic E-state index is 14.3. The number of hydrogen-bond acceptors (Lipinski definition) is 7. The highest BCUT2D eigenvalue weighted by molar-refractivity contribution is 6.09. The summed E-state index contributed by atoms with van der Waals surface area (Å²) in [4.78, 5) is 55.1. The van der Waals surface area contributed by atoms with Crippen LogP contribution in [0.3, 0.4) is 0 Å². The van der Waals surface area contributed by atoms with Crippen molar-refractivity contribution in [2.24, 2.45) is 0 Å². The molecule has 0 aliphatic rings. The number of esters is 2. The molecule has 36 heavy (non-hydrogen) atoms. The lowest BCUT2D eigenvalue weighted by molar-refractivity contribution is 0.0587. The second-order valence-corrected chi connectivity index (χ2v) is 7.65. The number of fused-ring (bicyclic) bond motifs is 1. The number of carbonyl (C=O) groups excluding carboxylic acids is 3. The fraction of sp³-hybridized carbons (Fsp3) is 0.115. The zero-order valence-electron chi connectivity index (χ0n) is 19.3. The minimum Gasteiger partial charge on any atom is -0.465 e. The van der Waals surface area contributed by atoms with Crippen molar-refractivity contribution in [3.63, 3.8) is 0 Å². The van der Waals surface area contributed by atoms with E-state index in [1.54, 1.807) is 18.2 Å². The molecule has 0 spiro atoms. The van der Waals surface area contributed by atoms with Crippen LogP contribution in [0, 0.1) is 5.82 Å². The van der Waals surface area contributed by atoms with Gasteiger partial charge in [0.15, 0.2) is 0 Å². The third-order valence-electron chi connectivity index (χ3n) is 5.47. The van der Waals surface area contributed by atoms with Gasteiger partial charge in [-0.25, -0.2) is 19.0 Å². The Kier molecular flexibility index (Phi) is 6.86. The van der Waals surface area contributed by atoms with Gasteiger partial charge in [-0.15, -0.1) is 0 Å². The zero-order chi connectivity index (χ0) is 25.8. The number of pyridine rings is 2. The predicted molar refractivity (Wildman–Crippen MR) is 129 cm³/mol. The molecule has 2 aromatic carbocycles. The molecule has 0 aliphatic carbocycles. The van der Waals surface area contributed by atoms with E-state index in [-0.39, 0.29) is 40.1 Å². The summed E-state index contributed by atoms with van der Waals surface area (Å²) in [5.74, 6) is -2.81. The normalized spacial score (nSPS) is 10.6. The van der Waals surface area contributed by atoms with E-state index in [0.717, 1.165) is 0 Å². The van der Waals surface area contributed by atoms with Gasteiger partial charge in [-0.2, -0.15) is 0 Å². The summed E-state index contributed by atoms with van der Waals surface area (Å²) in [5, 5.41) is 2.98. The highest BCUT2D eigenvalue weighted by atomic mass is 19.1. The van der Waals surface area contributed by atoms with E-state index in [4.69, 9.17) is 9.47 Å². The van der Waals surface area contributed by atoms with Crippen LogP contribution in [-0.4, -0.2) is 41.6 Å². The van der Waals surface area contributed by atoms with Gasteiger partial charge in [-0.05, 0) is 42.5 Å². The van der Waals surface area contributed by atoms with Crippen molar-refractivity contribution >= 4 is 34.6 Å². The quantitative estimate of drug-likeness (QED) is 0.413. The van der Waals surface area contributed by atoms with E-state index in [1.807, 2.05) is 0 Å². The number of anilines is 1. The van der Waals surface area contributed by atoms with Crippen LogP contribution in [0.15, 0.2) is 71.7 Å². The van der Waals surface area contributed by atoms with Crippen LogP contribution in [0.1, 0.15) is 36.6 Å². The van der Waals surface area contributed by atoms with Gasteiger partial charge < -0.3 is 14.8 Å². The molecule has 9 nitrogen and oxygen atoms in total. The topological polar surface area (TPSA) is 117 Å². The molecule has 0 saturated carbocycles. The Morgan fingerprint density at radius 3 is 2.42 bits per heavy atom. The fourth-order valence-corrected chi connectivity index (χ4v) is 3.68. The summed E-state index contributed by atoms with van der Waals surface area (Å²) < 4.78 is 25.0. The van der Waals surface area contributed by atoms with E-state index in [0.29, 0.717) is 5.39 Å². The molecule has 0 radical (unpaired) electrons. The highest BCUT2D eigenvalue weighted by Gasteiger charge is 2.21. The van der Waals surface area contributed by atoms with Crippen molar-refractivity contribution < 1.29 is 28.2 Å². The molecule has 0 atom stereocenters. The number of carbonyl (C=O) groups is 3. The molecule has 4 aromatic rings. The van der Waals surface area contributed by atoms with E-state index >= 15 is 0 Å². The Bertz CT molecular complexity index is 1560. The van der Waals surface area contributed by atoms with Crippen molar-refractivity contribution in [2.75, 3.05) is 19.5 Å². The van der Waals surface area contributed by atoms with Crippen molar-refractivity contribution in [3.8, 4) is 0 Å². The Labute approximate surface area is 204 Å². The number of ether oxygens (including phenoxy) is 2. The molecule has 0 fully saturated rings. The Balaban J connectivity index is 1.81. The van der Waals surface area contributed by atoms with Gasteiger partial charge in [0.2, 0.25) is 0 Å². The van der Waals surface area contributed by atoms with Gasteiger partial charge >= 0.3 is 11.9 Å². The SMILES string of the molecule is COC(=O)c1ccc(C(=O)OC)c(NC(=O)c2cc3cccnc3n(Cc3ccccc3F)c2=O)c1. The first-order valence-electron chi connectivity index (χ1n) is 10.7. The molecule has 2 heterocycles. The Morgan fingerprint density at radius 1 is 0.944 bits per heavy atom. The molecule has 0 saturated heterocycles. The van der Waals surface area contributed by atoms with E-state index < -0.39 is 29.2 Å². The van der Waals surface area contributed by atoms with Crippen molar-refractivity contribution in [2.45, 2.75) is 6.54 Å². The van der Waals surface area contributed by atoms with Crippen molar-refractivity contribution in [1.29, 1.82) is 0 Å². The van der Waals surface area contributed by atoms with Gasteiger partial charge in [-0.1, -0.05) is 18.2 Å². The lowest BCUT2D eigenvalue weighted by Gasteiger charge is -2.14. The van der Waals surface area contributed by atoms with Crippen LogP contribution in [0.5, 0.6) is 0 Å². The molecule has 10 heteroatoms. The maximum Gasteiger partial charge on any atom is 0.339 e. The summed E-state index contributed by atoms with van der Waals surface area (Å²) in [7, 11) is 2.36. The number of aromatic nitrogens is 2. The summed E-state index contributed by atoms with van der Waals surface area (Å²) in [5.41, 5.74) is -0.501. The van der Waals surface area contributed by atoms with Gasteiger partial charge in [-0.3, -0.25) is 14.2 Å². The average molecular weight is 489 g/mol. The van der Waals surface area contributed by atoms with Crippen LogP contribution in [0.2, 0.25) is 0 Å². The van der Waals surface area contributed by atoms with Crippen LogP contribution < -0.4 is 10.9 Å². The molecule has 1 amide bonds. The number of halogens is 1. The Morgan fingerprint density at radius 2 is 1.69 bits per heavy atom. The minimum absolute atomic E-state index is 0.0346. The molecular weight excluding hydrogens is 469 g/mol. The molecule has 1 N–H and O–H groups in total. The summed E-state index contributed by atoms with van der Waals surface area (Å²) in [6, 6.07) is 14.5. The second kappa shape index (κ2) is 10.2. The lowest BCUT2D eigenvalue weighted by atomic mass is 10.1. The van der Waals surface area contributed by atoms with Crippen LogP contribution >= 0.6 is 0 Å². The zero-order valence-corrected chi connectivity index (χ0v) is 19.3. The number of nitrogens with zero attached hydrogens (tertiary/aromatic N) is 2. The standard InChI is InChI=1S/C26H20FN3O6/c1-35-25(33)16-9-10-18(26(34)36-2)21(13-16)29-23(31)19-12-15-7-5-11-28-22(15)30(24(19)32)14-17-6-3-4-8-20(17)27/h3-13H,14H2,1-2H3,(H,29,31). The summed E-state index contributed by atoms with van der Waals surface area (Å²) in [6.45, 7) is -0.161. The second-order valence-electron chi connectivity index (χ2n) is 7.65. The third-order valence-corrected chi connectivity index (χ3v) is 5.47. The van der Waals surface area contributed by atoms with Crippen LogP contribution in [0.25, 0.3) is 11.0 Å². The van der Waals surface area contributed by atoms with Gasteiger partial charge in [0, 0.05) is 17.1 Å². The van der Waals surface area contributed by atoms with Crippen LogP contribution in [0.4, 0.5) is 10.1 Å². The summed E-state index contributed by atoms with van der Waals surface area (Å²) in [6.07, 6.45) is 1.49. The molecule has 0 bridgehead atoms. The highest BCUT2D eigenvalue weighted by Crippen LogP contribution is 2.21. The minimum atomic E-state index is -0.847. The van der Waals surface area contributed by atoms with Crippen molar-refractivity contribution in [3.05, 3.63) is 105 Å². The van der Waals surface area contributed by atoms with Crippen LogP contribution in [-0.2, 0) is 16.0 Å². The van der Waals surface area contributed by atoms with E-state index in [2.05, 4.69) is 10.3 Å². The molecular formula is C26H20FN3O6. The number of methoxy groups -OCH3 is 2. The fourth-order valence-electron chi connectivity index (χ4n) is 3.68. The van der Waals surface area contributed by atoms with Gasteiger partial charge in [0.05, 0.1) is 37.6 Å². The lowest BCUT2D eigenvalue weighted by Crippen LogP contribution is -2.30. The third kappa shape index (κ3) is 4.69. The molecule has 0 unspecified atom stereocenters. The largest absolute Gasteiger partial charge is 0.465 e. The predicted octanol–water partition coefficient (Wildman–Crippen LogP) is 3.41. The number of benzene rings is 2. The smallest absolute Gasteiger partial charge is 0.339 e. The summed E-state index contributed by atoms with van der Waals surface area (Å²) >= 11 is 0. The number of hydrogen-bond donors (Lipinski definition) is 1.